The van der Waals surface area contributed by atoms with Gasteiger partial charge in [0.2, 0.25) is 11.9 Å². The molecule has 0 radical (unpaired) electrons. The predicted molar refractivity (Wildman–Crippen MR) is 111 cm³/mol. The fraction of sp³-hybridized carbons (Fsp3) is 0.737. The van der Waals surface area contributed by atoms with Crippen LogP contribution in [0.25, 0.3) is 0 Å². The summed E-state index contributed by atoms with van der Waals surface area (Å²) in [4.78, 5) is 26.0. The number of hydrogen-bond acceptors (Lipinski definition) is 9. The second kappa shape index (κ2) is 8.74. The lowest BCUT2D eigenvalue weighted by atomic mass is 9.91. The van der Waals surface area contributed by atoms with Crippen molar-refractivity contribution < 1.29 is 17.9 Å². The van der Waals surface area contributed by atoms with Crippen LogP contribution in [0.15, 0.2) is 11.1 Å². The molecule has 4 rings (SSSR count). The monoisotopic (exact) mass is 438 g/mol. The number of likely N-dealkylation sites (tertiary alicyclic amines) is 1. The van der Waals surface area contributed by atoms with Crippen molar-refractivity contribution >= 4 is 21.7 Å². The normalized spacial score (nSPS) is 26.2. The number of hydrazine groups is 1. The van der Waals surface area contributed by atoms with Crippen molar-refractivity contribution in [2.24, 2.45) is 5.92 Å². The molecule has 11 heteroatoms. The number of nitrogens with one attached hydrogen (secondary N) is 2. The molecule has 0 aromatic carbocycles. The quantitative estimate of drug-likeness (QED) is 0.644. The van der Waals surface area contributed by atoms with Crippen molar-refractivity contribution in [3.8, 4) is 0 Å². The molecule has 30 heavy (non-hydrogen) atoms. The standard InChI is InChI=1S/C19H30N6O4S/c1-13-15(11-21-23-13)18(26)24-5-3-14(4-6-24)17-16(30(2,27)28)12-20-19(22-17)25-7-9-29-10-8-25/h12-15,21,23H,3-11H2,1-2H3. The molecular formula is C19H30N6O4S. The lowest BCUT2D eigenvalue weighted by molar-refractivity contribution is -0.136. The van der Waals surface area contributed by atoms with E-state index in [1.807, 2.05) is 16.7 Å². The number of ether oxygens (including phenoxy) is 1. The number of carbonyl (C=O) groups excluding carboxylic acids is 1. The van der Waals surface area contributed by atoms with E-state index >= 15 is 0 Å². The average Bonchev–Trinajstić information content (AvgIpc) is 3.19. The largest absolute Gasteiger partial charge is 0.378 e. The van der Waals surface area contributed by atoms with Gasteiger partial charge < -0.3 is 14.5 Å². The van der Waals surface area contributed by atoms with Crippen LogP contribution in [-0.4, -0.2) is 87.4 Å². The van der Waals surface area contributed by atoms with Crippen LogP contribution >= 0.6 is 0 Å². The lowest BCUT2D eigenvalue weighted by Gasteiger charge is -2.34. The highest BCUT2D eigenvalue weighted by Crippen LogP contribution is 2.32. The Morgan fingerprint density at radius 1 is 1.20 bits per heavy atom. The molecule has 10 nitrogen and oxygen atoms in total. The van der Waals surface area contributed by atoms with Crippen molar-refractivity contribution in [1.29, 1.82) is 0 Å². The highest BCUT2D eigenvalue weighted by atomic mass is 32.2. The maximum absolute atomic E-state index is 12.8. The van der Waals surface area contributed by atoms with E-state index in [-0.39, 0.29) is 28.7 Å². The summed E-state index contributed by atoms with van der Waals surface area (Å²) in [7, 11) is -3.45. The van der Waals surface area contributed by atoms with Gasteiger partial charge in [-0.3, -0.25) is 15.6 Å². The molecule has 3 aliphatic heterocycles. The first-order chi connectivity index (χ1) is 14.3. The van der Waals surface area contributed by atoms with Gasteiger partial charge in [-0.15, -0.1) is 0 Å². The van der Waals surface area contributed by atoms with E-state index in [0.717, 1.165) is 0 Å². The van der Waals surface area contributed by atoms with Crippen LogP contribution in [0.1, 0.15) is 31.4 Å². The van der Waals surface area contributed by atoms with E-state index in [1.165, 1.54) is 12.5 Å². The van der Waals surface area contributed by atoms with E-state index in [1.54, 1.807) is 0 Å². The van der Waals surface area contributed by atoms with Gasteiger partial charge in [-0.2, -0.15) is 0 Å². The third-order valence-electron chi connectivity index (χ3n) is 6.23. The summed E-state index contributed by atoms with van der Waals surface area (Å²) in [6.45, 7) is 6.43. The zero-order valence-corrected chi connectivity index (χ0v) is 18.3. The molecule has 2 unspecified atom stereocenters. The Labute approximate surface area is 177 Å². The van der Waals surface area contributed by atoms with Gasteiger partial charge in [0.05, 0.1) is 31.0 Å². The number of carbonyl (C=O) groups is 1. The molecule has 3 saturated heterocycles. The molecule has 1 aromatic rings. The Balaban J connectivity index is 1.52. The first-order valence-corrected chi connectivity index (χ1v) is 12.4. The predicted octanol–water partition coefficient (Wildman–Crippen LogP) is -0.465. The van der Waals surface area contributed by atoms with E-state index in [9.17, 15) is 13.2 Å². The molecule has 166 valence electrons. The first-order valence-electron chi connectivity index (χ1n) is 10.5. The van der Waals surface area contributed by atoms with Gasteiger partial charge in [0, 0.05) is 50.9 Å². The second-order valence-electron chi connectivity index (χ2n) is 8.31. The van der Waals surface area contributed by atoms with Crippen LogP contribution in [0.3, 0.4) is 0 Å². The van der Waals surface area contributed by atoms with Crippen LogP contribution < -0.4 is 15.8 Å². The summed E-state index contributed by atoms with van der Waals surface area (Å²) in [5.74, 6) is 0.619. The molecule has 0 bridgehead atoms. The molecule has 3 aliphatic rings. The number of sulfone groups is 1. The molecule has 3 fully saturated rings. The molecule has 1 amide bonds. The Bertz CT molecular complexity index is 881. The van der Waals surface area contributed by atoms with Crippen molar-refractivity contribution in [2.75, 3.05) is 57.1 Å². The zero-order chi connectivity index (χ0) is 21.3. The van der Waals surface area contributed by atoms with Crippen LogP contribution in [-0.2, 0) is 19.4 Å². The van der Waals surface area contributed by atoms with Gasteiger partial charge in [0.25, 0.3) is 0 Å². The second-order valence-corrected chi connectivity index (χ2v) is 10.3. The topological polar surface area (TPSA) is 117 Å². The Kier molecular flexibility index (Phi) is 6.24. The minimum atomic E-state index is -3.45. The number of aromatic nitrogens is 2. The van der Waals surface area contributed by atoms with Crippen LogP contribution in [0, 0.1) is 5.92 Å². The number of nitrogens with zero attached hydrogens (tertiary/aromatic N) is 4. The number of rotatable bonds is 4. The molecule has 2 atom stereocenters. The minimum absolute atomic E-state index is 0.0150. The average molecular weight is 439 g/mol. The number of anilines is 1. The summed E-state index contributed by atoms with van der Waals surface area (Å²) in [5, 5.41) is 0. The summed E-state index contributed by atoms with van der Waals surface area (Å²) < 4.78 is 30.1. The van der Waals surface area contributed by atoms with Crippen LogP contribution in [0.2, 0.25) is 0 Å². The van der Waals surface area contributed by atoms with Crippen LogP contribution in [0.4, 0.5) is 5.95 Å². The molecule has 4 heterocycles. The maximum Gasteiger partial charge on any atom is 0.228 e. The van der Waals surface area contributed by atoms with Crippen molar-refractivity contribution in [3.63, 3.8) is 0 Å². The van der Waals surface area contributed by atoms with Gasteiger partial charge in [0.15, 0.2) is 9.84 Å². The molecule has 1 aromatic heterocycles. The van der Waals surface area contributed by atoms with E-state index in [2.05, 4.69) is 15.8 Å². The van der Waals surface area contributed by atoms with Crippen LogP contribution in [0.5, 0.6) is 0 Å². The van der Waals surface area contributed by atoms with E-state index < -0.39 is 9.84 Å². The number of amides is 1. The summed E-state index contributed by atoms with van der Waals surface area (Å²) in [6.07, 6.45) is 4.02. The zero-order valence-electron chi connectivity index (χ0n) is 17.5. The maximum atomic E-state index is 12.8. The summed E-state index contributed by atoms with van der Waals surface area (Å²) in [5.41, 5.74) is 6.72. The highest BCUT2D eigenvalue weighted by Gasteiger charge is 2.36. The number of hydrogen-bond donors (Lipinski definition) is 2. The number of morpholine rings is 1. The van der Waals surface area contributed by atoms with Crippen molar-refractivity contribution in [3.05, 3.63) is 11.9 Å². The van der Waals surface area contributed by atoms with Gasteiger partial charge in [-0.1, -0.05) is 0 Å². The Hall–Kier alpha value is -1.82. The van der Waals surface area contributed by atoms with E-state index in [4.69, 9.17) is 9.72 Å². The first kappa shape index (κ1) is 21.4. The Morgan fingerprint density at radius 3 is 2.50 bits per heavy atom. The van der Waals surface area contributed by atoms with Gasteiger partial charge in [-0.05, 0) is 19.8 Å². The molecule has 0 aliphatic carbocycles. The van der Waals surface area contributed by atoms with Crippen molar-refractivity contribution in [2.45, 2.75) is 36.6 Å². The summed E-state index contributed by atoms with van der Waals surface area (Å²) >= 11 is 0. The SMILES string of the molecule is CC1NNCC1C(=O)N1CCC(c2nc(N3CCOCC3)ncc2S(C)(=O)=O)CC1. The fourth-order valence-electron chi connectivity index (χ4n) is 4.38. The third-order valence-corrected chi connectivity index (χ3v) is 7.34. The minimum Gasteiger partial charge on any atom is -0.378 e. The highest BCUT2D eigenvalue weighted by molar-refractivity contribution is 7.90. The molecular weight excluding hydrogens is 408 g/mol. The fourth-order valence-corrected chi connectivity index (χ4v) is 5.22. The summed E-state index contributed by atoms with van der Waals surface area (Å²) in [6, 6.07) is 0.102. The van der Waals surface area contributed by atoms with E-state index in [0.29, 0.717) is 70.4 Å². The molecule has 0 saturated carbocycles. The lowest BCUT2D eigenvalue weighted by Crippen LogP contribution is -2.45. The Morgan fingerprint density at radius 2 is 1.90 bits per heavy atom. The third kappa shape index (κ3) is 4.43. The smallest absolute Gasteiger partial charge is 0.228 e. The van der Waals surface area contributed by atoms with Gasteiger partial charge in [0.1, 0.15) is 4.90 Å². The van der Waals surface area contributed by atoms with Gasteiger partial charge in [-0.25, -0.2) is 18.4 Å². The number of piperidine rings is 1. The molecule has 2 N–H and O–H groups in total. The van der Waals surface area contributed by atoms with Crippen molar-refractivity contribution in [1.82, 2.24) is 25.7 Å². The molecule has 0 spiro atoms. The van der Waals surface area contributed by atoms with Gasteiger partial charge >= 0.3 is 0 Å².